The van der Waals surface area contributed by atoms with Crippen molar-refractivity contribution in [1.82, 2.24) is 0 Å². The van der Waals surface area contributed by atoms with Gasteiger partial charge in [0, 0.05) is 10.6 Å². The third kappa shape index (κ3) is 1.82. The Hall–Kier alpha value is -1.80. The fourth-order valence-electron chi connectivity index (χ4n) is 2.99. The Morgan fingerprint density at radius 1 is 1.24 bits per heavy atom. The third-order valence-corrected chi connectivity index (χ3v) is 5.83. The molecule has 1 aliphatic heterocycles. The van der Waals surface area contributed by atoms with Gasteiger partial charge in [0.2, 0.25) is 6.08 Å². The lowest BCUT2D eigenvalue weighted by atomic mass is 9.88. The normalized spacial score (nSPS) is 25.5. The molecule has 1 aliphatic carbocycles. The lowest BCUT2D eigenvalue weighted by molar-refractivity contribution is 0.565. The van der Waals surface area contributed by atoms with E-state index in [1.54, 1.807) is 6.08 Å². The van der Waals surface area contributed by atoms with Crippen molar-refractivity contribution in [3.8, 4) is 0 Å². The van der Waals surface area contributed by atoms with E-state index in [2.05, 4.69) is 29.3 Å². The highest BCUT2D eigenvalue weighted by atomic mass is 35.5. The van der Waals surface area contributed by atoms with Gasteiger partial charge < -0.3 is 0 Å². The molecule has 4 rings (SSSR count). The molecule has 1 fully saturated rings. The van der Waals surface area contributed by atoms with E-state index in [0.29, 0.717) is 16.0 Å². The Bertz CT molecular complexity index is 866. The van der Waals surface area contributed by atoms with Crippen LogP contribution in [0.4, 0.5) is 5.69 Å². The van der Waals surface area contributed by atoms with E-state index in [-0.39, 0.29) is 4.75 Å². The first-order valence-corrected chi connectivity index (χ1v) is 7.85. The van der Waals surface area contributed by atoms with Crippen molar-refractivity contribution in [2.45, 2.75) is 10.00 Å². The Morgan fingerprint density at radius 2 is 2.14 bits per heavy atom. The average Bonchev–Trinajstić information content (AvgIpc) is 3.23. The largest absolute Gasteiger partial charge is 0.240 e. The number of hydrogen-bond acceptors (Lipinski definition) is 3. The molecule has 102 valence electrons. The van der Waals surface area contributed by atoms with E-state index < -0.39 is 0 Å². The number of allylic oxidation sites excluding steroid dienone is 2. The van der Waals surface area contributed by atoms with Gasteiger partial charge in [-0.3, -0.25) is 0 Å². The standard InChI is InChI=1S/C17H10ClNOS/c18-13-5-3-4-11-12(7-8-14(16(11)13)19-10-20)17-9-2-1-6-15(17)21-17/h1-9,15H. The zero-order valence-corrected chi connectivity index (χ0v) is 12.5. The molecule has 2 aromatic carbocycles. The number of fused-ring (bicyclic) bond motifs is 2. The molecule has 1 heterocycles. The molecule has 0 radical (unpaired) electrons. The summed E-state index contributed by atoms with van der Waals surface area (Å²) in [5, 5.41) is 2.96. The molecule has 0 amide bonds. The zero-order valence-electron chi connectivity index (χ0n) is 10.9. The number of aliphatic imine (C=N–C) groups is 1. The summed E-state index contributed by atoms with van der Waals surface area (Å²) in [6.07, 6.45) is 10.2. The van der Waals surface area contributed by atoms with Crippen molar-refractivity contribution in [3.05, 3.63) is 65.2 Å². The van der Waals surface area contributed by atoms with Crippen molar-refractivity contribution < 1.29 is 4.79 Å². The summed E-state index contributed by atoms with van der Waals surface area (Å²) in [6.45, 7) is 0. The number of rotatable bonds is 2. The minimum Gasteiger partial charge on any atom is -0.211 e. The van der Waals surface area contributed by atoms with Gasteiger partial charge in [0.1, 0.15) is 0 Å². The second kappa shape index (κ2) is 4.60. The molecule has 2 aliphatic rings. The molecule has 2 nitrogen and oxygen atoms in total. The minimum atomic E-state index is 0.00110. The molecular weight excluding hydrogens is 302 g/mol. The van der Waals surface area contributed by atoms with Crippen LogP contribution in [0.1, 0.15) is 5.56 Å². The van der Waals surface area contributed by atoms with Crippen LogP contribution in [0, 0.1) is 0 Å². The van der Waals surface area contributed by atoms with Gasteiger partial charge in [0.05, 0.1) is 15.5 Å². The Labute approximate surface area is 131 Å². The molecule has 2 aromatic rings. The second-order valence-corrected chi connectivity index (χ2v) is 6.90. The summed E-state index contributed by atoms with van der Waals surface area (Å²) in [4.78, 5) is 14.4. The van der Waals surface area contributed by atoms with E-state index in [9.17, 15) is 4.79 Å². The highest BCUT2D eigenvalue weighted by molar-refractivity contribution is 8.08. The van der Waals surface area contributed by atoms with E-state index in [0.717, 1.165) is 10.8 Å². The number of halogens is 1. The lowest BCUT2D eigenvalue weighted by Gasteiger charge is -2.16. The van der Waals surface area contributed by atoms with Crippen molar-refractivity contribution in [1.29, 1.82) is 0 Å². The van der Waals surface area contributed by atoms with Crippen molar-refractivity contribution >= 4 is 45.9 Å². The first-order chi connectivity index (χ1) is 10.3. The molecule has 0 N–H and O–H groups in total. The van der Waals surface area contributed by atoms with Crippen LogP contribution in [0.5, 0.6) is 0 Å². The number of hydrogen-bond donors (Lipinski definition) is 0. The van der Waals surface area contributed by atoms with Gasteiger partial charge in [-0.15, -0.1) is 11.8 Å². The molecule has 0 aromatic heterocycles. The Morgan fingerprint density at radius 3 is 2.95 bits per heavy atom. The third-order valence-electron chi connectivity index (χ3n) is 3.98. The Kier molecular flexibility index (Phi) is 2.83. The summed E-state index contributed by atoms with van der Waals surface area (Å²) in [7, 11) is 0. The maximum atomic E-state index is 10.6. The quantitative estimate of drug-likeness (QED) is 0.448. The van der Waals surface area contributed by atoms with Crippen LogP contribution in [0.15, 0.2) is 59.6 Å². The van der Waals surface area contributed by atoms with Gasteiger partial charge >= 0.3 is 0 Å². The van der Waals surface area contributed by atoms with Crippen LogP contribution in [-0.2, 0) is 9.54 Å². The van der Waals surface area contributed by atoms with Crippen LogP contribution >= 0.6 is 23.4 Å². The van der Waals surface area contributed by atoms with Gasteiger partial charge in [-0.25, -0.2) is 4.79 Å². The summed E-state index contributed by atoms with van der Waals surface area (Å²) < 4.78 is 0.00110. The van der Waals surface area contributed by atoms with E-state index in [4.69, 9.17) is 11.6 Å². The zero-order chi connectivity index (χ0) is 14.4. The lowest BCUT2D eigenvalue weighted by Crippen LogP contribution is -2.10. The first kappa shape index (κ1) is 12.9. The molecule has 21 heavy (non-hydrogen) atoms. The van der Waals surface area contributed by atoms with Crippen LogP contribution < -0.4 is 0 Å². The van der Waals surface area contributed by atoms with Gasteiger partial charge in [-0.2, -0.15) is 4.99 Å². The molecule has 2 atom stereocenters. The van der Waals surface area contributed by atoms with Crippen LogP contribution in [-0.4, -0.2) is 11.3 Å². The highest BCUT2D eigenvalue weighted by Crippen LogP contribution is 2.65. The SMILES string of the molecule is O=C=Nc1ccc(C23C=CC=CC2S3)c2cccc(Cl)c12. The fourth-order valence-corrected chi connectivity index (χ4v) is 4.53. The minimum absolute atomic E-state index is 0.00110. The van der Waals surface area contributed by atoms with Crippen molar-refractivity contribution in [3.63, 3.8) is 0 Å². The van der Waals surface area contributed by atoms with Crippen LogP contribution in [0.2, 0.25) is 5.02 Å². The van der Waals surface area contributed by atoms with Gasteiger partial charge in [0.15, 0.2) is 0 Å². The maximum absolute atomic E-state index is 10.6. The molecule has 1 saturated heterocycles. The van der Waals surface area contributed by atoms with Gasteiger partial charge in [-0.05, 0) is 23.1 Å². The van der Waals surface area contributed by atoms with E-state index in [1.807, 2.05) is 42.1 Å². The highest BCUT2D eigenvalue weighted by Gasteiger charge is 2.54. The van der Waals surface area contributed by atoms with Crippen molar-refractivity contribution in [2.75, 3.05) is 0 Å². The van der Waals surface area contributed by atoms with E-state index in [1.165, 1.54) is 5.56 Å². The average molecular weight is 312 g/mol. The van der Waals surface area contributed by atoms with Crippen LogP contribution in [0.25, 0.3) is 10.8 Å². The van der Waals surface area contributed by atoms with Gasteiger partial charge in [0.25, 0.3) is 0 Å². The molecule has 0 spiro atoms. The smallest absolute Gasteiger partial charge is 0.211 e. The summed E-state index contributed by atoms with van der Waals surface area (Å²) in [5.74, 6) is 0. The number of isocyanates is 1. The monoisotopic (exact) mass is 311 g/mol. The molecular formula is C17H10ClNOS. The topological polar surface area (TPSA) is 29.4 Å². The molecule has 4 heteroatoms. The molecule has 0 saturated carbocycles. The molecule has 2 unspecified atom stereocenters. The van der Waals surface area contributed by atoms with Gasteiger partial charge in [-0.1, -0.05) is 54.1 Å². The number of benzene rings is 2. The number of carbonyl (C=O) groups excluding carboxylic acids is 1. The first-order valence-electron chi connectivity index (χ1n) is 6.60. The number of thioether (sulfide) groups is 1. The Balaban J connectivity index is 2.03. The summed E-state index contributed by atoms with van der Waals surface area (Å²) in [5.41, 5.74) is 1.80. The second-order valence-electron chi connectivity index (χ2n) is 5.07. The van der Waals surface area contributed by atoms with E-state index >= 15 is 0 Å². The predicted molar refractivity (Wildman–Crippen MR) is 88.1 cm³/mol. The summed E-state index contributed by atoms with van der Waals surface area (Å²) in [6, 6.07) is 9.70. The summed E-state index contributed by atoms with van der Waals surface area (Å²) >= 11 is 8.25. The van der Waals surface area contributed by atoms with Crippen LogP contribution in [0.3, 0.4) is 0 Å². The maximum Gasteiger partial charge on any atom is 0.240 e. The molecule has 0 bridgehead atoms. The number of nitrogens with zero attached hydrogens (tertiary/aromatic N) is 1. The fraction of sp³-hybridized carbons (Fsp3) is 0.118. The predicted octanol–water partition coefficient (Wildman–Crippen LogP) is 4.90. The van der Waals surface area contributed by atoms with Crippen molar-refractivity contribution in [2.24, 2.45) is 4.99 Å².